The summed E-state index contributed by atoms with van der Waals surface area (Å²) < 4.78 is 1.93. The molecule has 4 rings (SSSR count). The fourth-order valence-electron chi connectivity index (χ4n) is 4.25. The average molecular weight is 301 g/mol. The highest BCUT2D eigenvalue weighted by molar-refractivity contribution is 5.94. The van der Waals surface area contributed by atoms with E-state index in [0.717, 1.165) is 17.9 Å². The third kappa shape index (κ3) is 2.69. The zero-order chi connectivity index (χ0) is 15.2. The summed E-state index contributed by atoms with van der Waals surface area (Å²) in [5.74, 6) is 1.09. The average Bonchev–Trinajstić information content (AvgIpc) is 3.22. The fourth-order valence-corrected chi connectivity index (χ4v) is 4.25. The lowest BCUT2D eigenvalue weighted by Crippen LogP contribution is -2.59. The second-order valence-corrected chi connectivity index (χ2v) is 7.74. The molecule has 22 heavy (non-hydrogen) atoms. The minimum absolute atomic E-state index is 0.102. The van der Waals surface area contributed by atoms with Gasteiger partial charge in [-0.05, 0) is 69.0 Å². The molecule has 1 aromatic heterocycles. The molecule has 0 aromatic carbocycles. The number of carbonyl (C=O) groups is 1. The Hall–Kier alpha value is -1.29. The Balaban J connectivity index is 1.32. The number of carbonyl (C=O) groups excluding carboxylic acids is 1. The molecule has 1 atom stereocenters. The van der Waals surface area contributed by atoms with Crippen LogP contribution in [0.1, 0.15) is 48.9 Å². The first-order valence-corrected chi connectivity index (χ1v) is 8.80. The quantitative estimate of drug-likeness (QED) is 0.927. The highest BCUT2D eigenvalue weighted by Crippen LogP contribution is 2.49. The number of hydrogen-bond donors (Lipinski definition) is 1. The van der Waals surface area contributed by atoms with E-state index in [9.17, 15) is 4.79 Å². The van der Waals surface area contributed by atoms with E-state index in [-0.39, 0.29) is 5.91 Å². The highest BCUT2D eigenvalue weighted by Gasteiger charge is 2.49. The predicted octanol–water partition coefficient (Wildman–Crippen LogP) is 2.41. The van der Waals surface area contributed by atoms with Gasteiger partial charge in [-0.1, -0.05) is 0 Å². The van der Waals surface area contributed by atoms with Crippen LogP contribution in [0.5, 0.6) is 0 Å². The van der Waals surface area contributed by atoms with E-state index in [4.69, 9.17) is 0 Å². The van der Waals surface area contributed by atoms with Gasteiger partial charge in [-0.25, -0.2) is 0 Å². The Bertz CT molecular complexity index is 552. The van der Waals surface area contributed by atoms with Crippen LogP contribution in [0.25, 0.3) is 0 Å². The van der Waals surface area contributed by atoms with Gasteiger partial charge in [0.1, 0.15) is 0 Å². The number of nitrogens with zero attached hydrogens (tertiary/aromatic N) is 2. The van der Waals surface area contributed by atoms with Crippen molar-refractivity contribution in [2.45, 2.75) is 44.6 Å². The number of aromatic nitrogens is 1. The molecule has 4 nitrogen and oxygen atoms in total. The van der Waals surface area contributed by atoms with Gasteiger partial charge in [-0.15, -0.1) is 0 Å². The van der Waals surface area contributed by atoms with Crippen molar-refractivity contribution in [1.29, 1.82) is 0 Å². The maximum absolute atomic E-state index is 12.4. The zero-order valence-corrected chi connectivity index (χ0v) is 13.6. The number of amides is 1. The van der Waals surface area contributed by atoms with Crippen LogP contribution in [0.3, 0.4) is 0 Å². The van der Waals surface area contributed by atoms with Gasteiger partial charge in [0.15, 0.2) is 0 Å². The summed E-state index contributed by atoms with van der Waals surface area (Å²) in [5, 5.41) is 3.30. The minimum Gasteiger partial charge on any atom is -0.356 e. The second kappa shape index (κ2) is 5.41. The van der Waals surface area contributed by atoms with E-state index in [0.29, 0.717) is 11.5 Å². The molecule has 1 aliphatic heterocycles. The highest BCUT2D eigenvalue weighted by atomic mass is 16.1. The Morgan fingerprint density at radius 2 is 2.05 bits per heavy atom. The number of rotatable bonds is 4. The third-order valence-corrected chi connectivity index (χ3v) is 6.13. The first-order valence-electron chi connectivity index (χ1n) is 8.80. The first-order chi connectivity index (χ1) is 10.6. The van der Waals surface area contributed by atoms with Crippen molar-refractivity contribution in [2.75, 3.05) is 19.6 Å². The molecule has 0 bridgehead atoms. The Morgan fingerprint density at radius 3 is 2.59 bits per heavy atom. The molecule has 2 saturated carbocycles. The molecule has 2 heterocycles. The molecular formula is C18H27N3O. The third-order valence-electron chi connectivity index (χ3n) is 6.13. The molecule has 1 aromatic rings. The molecule has 3 aliphatic rings. The lowest BCUT2D eigenvalue weighted by Gasteiger charge is -2.54. The van der Waals surface area contributed by atoms with Crippen molar-refractivity contribution in [1.82, 2.24) is 14.8 Å². The molecule has 1 unspecified atom stereocenters. The summed E-state index contributed by atoms with van der Waals surface area (Å²) in [6, 6.07) is 2.29. The SMILES string of the molecule is Cn1ccc(C(=O)NC2CCC23CCN(CC2CC2)CC3)c1. The monoisotopic (exact) mass is 301 g/mol. The van der Waals surface area contributed by atoms with Crippen LogP contribution in [-0.4, -0.2) is 41.1 Å². The lowest BCUT2D eigenvalue weighted by atomic mass is 9.59. The van der Waals surface area contributed by atoms with Crippen LogP contribution >= 0.6 is 0 Å². The van der Waals surface area contributed by atoms with E-state index in [1.807, 2.05) is 30.1 Å². The van der Waals surface area contributed by atoms with Crippen LogP contribution in [0.15, 0.2) is 18.5 Å². The van der Waals surface area contributed by atoms with Crippen molar-refractivity contribution in [3.63, 3.8) is 0 Å². The molecule has 1 N–H and O–H groups in total. The molecule has 2 aliphatic carbocycles. The molecule has 0 radical (unpaired) electrons. The van der Waals surface area contributed by atoms with Gasteiger partial charge in [-0.3, -0.25) is 4.79 Å². The number of piperidine rings is 1. The van der Waals surface area contributed by atoms with Crippen molar-refractivity contribution in [2.24, 2.45) is 18.4 Å². The number of aryl methyl sites for hydroxylation is 1. The summed E-state index contributed by atoms with van der Waals surface area (Å²) in [7, 11) is 1.96. The summed E-state index contributed by atoms with van der Waals surface area (Å²) in [6.45, 7) is 3.78. The van der Waals surface area contributed by atoms with Gasteiger partial charge in [0.25, 0.3) is 5.91 Å². The standard InChI is InChI=1S/C18H27N3O/c1-20-9-5-15(13-20)17(22)19-16-4-6-18(16)7-10-21(11-8-18)12-14-2-3-14/h5,9,13-14,16H,2-4,6-8,10-12H2,1H3,(H,19,22). The van der Waals surface area contributed by atoms with Gasteiger partial charge < -0.3 is 14.8 Å². The van der Waals surface area contributed by atoms with Crippen LogP contribution in [-0.2, 0) is 7.05 Å². The predicted molar refractivity (Wildman–Crippen MR) is 86.7 cm³/mol. The summed E-state index contributed by atoms with van der Waals surface area (Å²) >= 11 is 0. The minimum atomic E-state index is 0.102. The number of hydrogen-bond acceptors (Lipinski definition) is 2. The summed E-state index contributed by atoms with van der Waals surface area (Å²) in [6.07, 6.45) is 11.7. The molecule has 1 spiro atoms. The molecular weight excluding hydrogens is 274 g/mol. The lowest BCUT2D eigenvalue weighted by molar-refractivity contribution is -0.00604. The molecule has 1 saturated heterocycles. The van der Waals surface area contributed by atoms with Crippen LogP contribution in [0, 0.1) is 11.3 Å². The van der Waals surface area contributed by atoms with Gasteiger partial charge in [0.05, 0.1) is 5.56 Å². The maximum Gasteiger partial charge on any atom is 0.253 e. The summed E-state index contributed by atoms with van der Waals surface area (Å²) in [5.41, 5.74) is 1.18. The Morgan fingerprint density at radius 1 is 1.27 bits per heavy atom. The van der Waals surface area contributed by atoms with E-state index in [1.54, 1.807) is 0 Å². The Kier molecular flexibility index (Phi) is 3.52. The number of likely N-dealkylation sites (tertiary alicyclic amines) is 1. The molecule has 120 valence electrons. The van der Waals surface area contributed by atoms with Crippen LogP contribution in [0.2, 0.25) is 0 Å². The second-order valence-electron chi connectivity index (χ2n) is 7.74. The van der Waals surface area contributed by atoms with Crippen LogP contribution < -0.4 is 5.32 Å². The smallest absolute Gasteiger partial charge is 0.253 e. The largest absolute Gasteiger partial charge is 0.356 e. The van der Waals surface area contributed by atoms with Crippen LogP contribution in [0.4, 0.5) is 0 Å². The molecule has 4 heteroatoms. The fraction of sp³-hybridized carbons (Fsp3) is 0.722. The zero-order valence-electron chi connectivity index (χ0n) is 13.6. The maximum atomic E-state index is 12.4. The van der Waals surface area contributed by atoms with E-state index in [1.165, 1.54) is 51.7 Å². The van der Waals surface area contributed by atoms with E-state index in [2.05, 4.69) is 10.2 Å². The van der Waals surface area contributed by atoms with Gasteiger partial charge in [0, 0.05) is 32.0 Å². The first kappa shape index (κ1) is 14.3. The van der Waals surface area contributed by atoms with Crippen molar-refractivity contribution in [3.8, 4) is 0 Å². The topological polar surface area (TPSA) is 37.3 Å². The van der Waals surface area contributed by atoms with Gasteiger partial charge in [0.2, 0.25) is 0 Å². The molecule has 1 amide bonds. The van der Waals surface area contributed by atoms with E-state index >= 15 is 0 Å². The Labute approximate surface area is 132 Å². The van der Waals surface area contributed by atoms with Gasteiger partial charge >= 0.3 is 0 Å². The molecule has 3 fully saturated rings. The summed E-state index contributed by atoms with van der Waals surface area (Å²) in [4.78, 5) is 15.0. The normalized spacial score (nSPS) is 27.6. The van der Waals surface area contributed by atoms with Crippen molar-refractivity contribution in [3.05, 3.63) is 24.0 Å². The van der Waals surface area contributed by atoms with Crippen molar-refractivity contribution >= 4 is 5.91 Å². The van der Waals surface area contributed by atoms with E-state index < -0.39 is 0 Å². The van der Waals surface area contributed by atoms with Crippen molar-refractivity contribution < 1.29 is 4.79 Å². The van der Waals surface area contributed by atoms with Gasteiger partial charge in [-0.2, -0.15) is 0 Å². The number of nitrogens with one attached hydrogen (secondary N) is 1.